The van der Waals surface area contributed by atoms with E-state index in [0.717, 1.165) is 12.6 Å². The number of aliphatic carboxylic acids is 2. The van der Waals surface area contributed by atoms with Gasteiger partial charge >= 0.3 is 11.9 Å². The Morgan fingerprint density at radius 2 is 1.38 bits per heavy atom. The molecule has 1 heterocycles. The van der Waals surface area contributed by atoms with Crippen LogP contribution in [0.15, 0.2) is 0 Å². The van der Waals surface area contributed by atoms with Gasteiger partial charge in [-0.05, 0) is 19.3 Å². The SMILES string of the molecule is CC(=O)CCC(C(=O)O)N1CCN(CC=O)CCN(C(C=O)C(C)C)CCN(CC(=O)O)CC1. The standard InChI is InChI=1S/C23H40N4O7/c1-18(2)21(17-29)27-11-7-24(14-15-28)6-10-26(20(23(33)34)5-4-19(3)30)12-8-25(9-13-27)16-22(31)32/h15,17-18,20-21H,4-14,16H2,1-3H3,(H,31,32)(H,33,34). The lowest BCUT2D eigenvalue weighted by Crippen LogP contribution is -2.53. The highest BCUT2D eigenvalue weighted by atomic mass is 16.4. The smallest absolute Gasteiger partial charge is 0.320 e. The van der Waals surface area contributed by atoms with Crippen LogP contribution in [0.25, 0.3) is 0 Å². The molecular weight excluding hydrogens is 444 g/mol. The Labute approximate surface area is 201 Å². The van der Waals surface area contributed by atoms with Gasteiger partial charge in [0.2, 0.25) is 0 Å². The molecule has 1 aliphatic heterocycles. The zero-order chi connectivity index (χ0) is 25.7. The molecule has 0 aromatic rings. The zero-order valence-electron chi connectivity index (χ0n) is 20.6. The van der Waals surface area contributed by atoms with Gasteiger partial charge in [0, 0.05) is 58.8 Å². The summed E-state index contributed by atoms with van der Waals surface area (Å²) in [5.41, 5.74) is 0. The molecule has 1 rings (SSSR count). The van der Waals surface area contributed by atoms with E-state index in [1.165, 1.54) is 6.92 Å². The summed E-state index contributed by atoms with van der Waals surface area (Å²) >= 11 is 0. The van der Waals surface area contributed by atoms with Gasteiger partial charge in [-0.25, -0.2) is 0 Å². The van der Waals surface area contributed by atoms with Crippen LogP contribution in [0.2, 0.25) is 0 Å². The van der Waals surface area contributed by atoms with E-state index in [9.17, 15) is 34.2 Å². The van der Waals surface area contributed by atoms with Crippen molar-refractivity contribution in [3.05, 3.63) is 0 Å². The van der Waals surface area contributed by atoms with Crippen molar-refractivity contribution in [1.29, 1.82) is 0 Å². The number of carbonyl (C=O) groups is 5. The molecule has 2 unspecified atom stereocenters. The van der Waals surface area contributed by atoms with Gasteiger partial charge in [0.15, 0.2) is 0 Å². The fourth-order valence-corrected chi connectivity index (χ4v) is 4.24. The van der Waals surface area contributed by atoms with E-state index in [1.54, 1.807) is 9.80 Å². The molecule has 194 valence electrons. The van der Waals surface area contributed by atoms with Gasteiger partial charge in [0.25, 0.3) is 0 Å². The van der Waals surface area contributed by atoms with Crippen LogP contribution in [-0.2, 0) is 24.0 Å². The molecule has 0 radical (unpaired) electrons. The normalized spacial score (nSPS) is 20.1. The van der Waals surface area contributed by atoms with E-state index in [0.29, 0.717) is 52.4 Å². The number of aldehydes is 2. The molecule has 2 N–H and O–H groups in total. The number of carbonyl (C=O) groups excluding carboxylic acids is 3. The average Bonchev–Trinajstić information content (AvgIpc) is 2.74. The molecule has 0 saturated carbocycles. The highest BCUT2D eigenvalue weighted by Crippen LogP contribution is 2.13. The summed E-state index contributed by atoms with van der Waals surface area (Å²) in [5, 5.41) is 19.2. The summed E-state index contributed by atoms with van der Waals surface area (Å²) in [4.78, 5) is 65.4. The first-order valence-electron chi connectivity index (χ1n) is 11.8. The summed E-state index contributed by atoms with van der Waals surface area (Å²) in [7, 11) is 0. The summed E-state index contributed by atoms with van der Waals surface area (Å²) < 4.78 is 0. The maximum Gasteiger partial charge on any atom is 0.320 e. The van der Waals surface area contributed by atoms with Gasteiger partial charge in [-0.1, -0.05) is 13.8 Å². The number of Topliss-reactive ketones (excluding diaryl/α,β-unsaturated/α-hetero) is 1. The summed E-state index contributed by atoms with van der Waals surface area (Å²) in [5.74, 6) is -2.03. The summed E-state index contributed by atoms with van der Waals surface area (Å²) in [6.45, 7) is 8.63. The molecule has 0 aliphatic carbocycles. The van der Waals surface area contributed by atoms with Crippen molar-refractivity contribution in [2.75, 3.05) is 65.4 Å². The number of nitrogens with zero attached hydrogens (tertiary/aromatic N) is 4. The maximum absolute atomic E-state index is 12.0. The van der Waals surface area contributed by atoms with Gasteiger partial charge in [-0.15, -0.1) is 0 Å². The predicted molar refractivity (Wildman–Crippen MR) is 126 cm³/mol. The molecule has 0 amide bonds. The van der Waals surface area contributed by atoms with Crippen LogP contribution in [0.5, 0.6) is 0 Å². The molecular formula is C23H40N4O7. The third-order valence-corrected chi connectivity index (χ3v) is 6.25. The van der Waals surface area contributed by atoms with Crippen LogP contribution < -0.4 is 0 Å². The van der Waals surface area contributed by atoms with E-state index >= 15 is 0 Å². The molecule has 0 aromatic carbocycles. The van der Waals surface area contributed by atoms with Crippen molar-refractivity contribution in [1.82, 2.24) is 19.6 Å². The van der Waals surface area contributed by atoms with Crippen molar-refractivity contribution >= 4 is 30.3 Å². The van der Waals surface area contributed by atoms with E-state index in [-0.39, 0.29) is 43.7 Å². The van der Waals surface area contributed by atoms with Gasteiger partial charge in [-0.3, -0.25) is 29.2 Å². The second-order valence-electron chi connectivity index (χ2n) is 9.17. The number of rotatable bonds is 12. The highest BCUT2D eigenvalue weighted by molar-refractivity contribution is 5.78. The lowest BCUT2D eigenvalue weighted by Gasteiger charge is -2.37. The Hall–Kier alpha value is -2.21. The number of carboxylic acids is 2. The van der Waals surface area contributed by atoms with Crippen LogP contribution in [0, 0.1) is 5.92 Å². The van der Waals surface area contributed by atoms with Gasteiger partial charge in [0.1, 0.15) is 24.4 Å². The topological polar surface area (TPSA) is 139 Å². The molecule has 11 heteroatoms. The van der Waals surface area contributed by atoms with Gasteiger partial charge in [0.05, 0.1) is 19.1 Å². The minimum absolute atomic E-state index is 0.0749. The molecule has 1 aliphatic rings. The van der Waals surface area contributed by atoms with E-state index in [4.69, 9.17) is 0 Å². The lowest BCUT2D eigenvalue weighted by atomic mass is 10.0. The molecule has 0 bridgehead atoms. The zero-order valence-corrected chi connectivity index (χ0v) is 20.6. The van der Waals surface area contributed by atoms with Crippen LogP contribution in [-0.4, -0.2) is 138 Å². The Morgan fingerprint density at radius 1 is 0.853 bits per heavy atom. The second kappa shape index (κ2) is 15.6. The van der Waals surface area contributed by atoms with Crippen LogP contribution in [0.3, 0.4) is 0 Å². The van der Waals surface area contributed by atoms with Crippen molar-refractivity contribution in [3.8, 4) is 0 Å². The minimum Gasteiger partial charge on any atom is -0.480 e. The highest BCUT2D eigenvalue weighted by Gasteiger charge is 2.28. The first kappa shape index (κ1) is 29.8. The Balaban J connectivity index is 3.16. The van der Waals surface area contributed by atoms with Gasteiger partial charge < -0.3 is 24.6 Å². The minimum atomic E-state index is -1.03. The van der Waals surface area contributed by atoms with E-state index in [1.807, 2.05) is 23.6 Å². The second-order valence-corrected chi connectivity index (χ2v) is 9.17. The number of hydrogen-bond acceptors (Lipinski definition) is 9. The van der Waals surface area contributed by atoms with E-state index < -0.39 is 18.0 Å². The third kappa shape index (κ3) is 10.8. The monoisotopic (exact) mass is 484 g/mol. The first-order chi connectivity index (χ1) is 16.1. The first-order valence-corrected chi connectivity index (χ1v) is 11.8. The number of hydrogen-bond donors (Lipinski definition) is 2. The third-order valence-electron chi connectivity index (χ3n) is 6.25. The number of ketones is 1. The van der Waals surface area contributed by atoms with Crippen LogP contribution in [0.1, 0.15) is 33.6 Å². The summed E-state index contributed by atoms with van der Waals surface area (Å²) in [6, 6.07) is -1.21. The lowest BCUT2D eigenvalue weighted by molar-refractivity contribution is -0.144. The molecule has 0 aromatic heterocycles. The van der Waals surface area contributed by atoms with Crippen molar-refractivity contribution < 1.29 is 34.2 Å². The fraction of sp³-hybridized carbons (Fsp3) is 0.783. The Morgan fingerprint density at radius 3 is 1.79 bits per heavy atom. The van der Waals surface area contributed by atoms with Crippen molar-refractivity contribution in [2.45, 2.75) is 45.7 Å². The largest absolute Gasteiger partial charge is 0.480 e. The molecule has 34 heavy (non-hydrogen) atoms. The predicted octanol–water partition coefficient (Wildman–Crippen LogP) is -0.463. The molecule has 1 fully saturated rings. The number of carboxylic acid groups (broad SMARTS) is 2. The quantitative estimate of drug-likeness (QED) is 0.348. The molecule has 11 nitrogen and oxygen atoms in total. The van der Waals surface area contributed by atoms with Gasteiger partial charge in [-0.2, -0.15) is 0 Å². The van der Waals surface area contributed by atoms with E-state index in [2.05, 4.69) is 0 Å². The fourth-order valence-electron chi connectivity index (χ4n) is 4.24. The van der Waals surface area contributed by atoms with Crippen molar-refractivity contribution in [3.63, 3.8) is 0 Å². The molecule has 0 spiro atoms. The molecule has 1 saturated heterocycles. The molecule has 2 atom stereocenters. The van der Waals surface area contributed by atoms with Crippen LogP contribution >= 0.6 is 0 Å². The Kier molecular flexibility index (Phi) is 13.7. The van der Waals surface area contributed by atoms with Crippen LogP contribution in [0.4, 0.5) is 0 Å². The average molecular weight is 485 g/mol. The van der Waals surface area contributed by atoms with Crippen molar-refractivity contribution in [2.24, 2.45) is 5.92 Å². The maximum atomic E-state index is 12.0. The summed E-state index contributed by atoms with van der Waals surface area (Å²) in [6.07, 6.45) is 2.03. The Bertz CT molecular complexity index is 688.